The summed E-state index contributed by atoms with van der Waals surface area (Å²) in [5.41, 5.74) is 0.844. The lowest BCUT2D eigenvalue weighted by molar-refractivity contribution is 0.0696. The zero-order valence-corrected chi connectivity index (χ0v) is 11.5. The molecule has 2 N–H and O–H groups in total. The zero-order chi connectivity index (χ0) is 13.0. The van der Waals surface area contributed by atoms with Crippen LogP contribution >= 0.6 is 11.3 Å². The third kappa shape index (κ3) is 3.53. The van der Waals surface area contributed by atoms with Gasteiger partial charge in [0.15, 0.2) is 0 Å². The molecular formula is C13H20N2O2S. The van der Waals surface area contributed by atoms with Gasteiger partial charge in [0.1, 0.15) is 0 Å². The van der Waals surface area contributed by atoms with Gasteiger partial charge in [0.05, 0.1) is 5.69 Å². The van der Waals surface area contributed by atoms with Crippen LogP contribution in [-0.2, 0) is 6.54 Å². The summed E-state index contributed by atoms with van der Waals surface area (Å²) in [6.45, 7) is 2.94. The second-order valence-electron chi connectivity index (χ2n) is 4.97. The van der Waals surface area contributed by atoms with Crippen molar-refractivity contribution >= 4 is 17.3 Å². The highest BCUT2D eigenvalue weighted by Gasteiger charge is 2.20. The first kappa shape index (κ1) is 13.5. The topological polar surface area (TPSA) is 62.2 Å². The quantitative estimate of drug-likeness (QED) is 0.862. The van der Waals surface area contributed by atoms with Gasteiger partial charge >= 0.3 is 5.97 Å². The van der Waals surface area contributed by atoms with Crippen molar-refractivity contribution in [2.24, 2.45) is 5.92 Å². The molecule has 0 radical (unpaired) electrons. The number of thiazole rings is 1. The monoisotopic (exact) mass is 268 g/mol. The summed E-state index contributed by atoms with van der Waals surface area (Å²) in [5.74, 6) is -0.0868. The smallest absolute Gasteiger partial charge is 0.365 e. The largest absolute Gasteiger partial charge is 0.476 e. The number of carbonyl (C=O) groups is 1. The Bertz CT molecular complexity index is 405. The molecule has 1 aliphatic carbocycles. The van der Waals surface area contributed by atoms with Gasteiger partial charge in [-0.1, -0.05) is 26.2 Å². The molecule has 0 bridgehead atoms. The van der Waals surface area contributed by atoms with E-state index in [0.717, 1.165) is 11.6 Å². The van der Waals surface area contributed by atoms with E-state index in [9.17, 15) is 4.79 Å². The van der Waals surface area contributed by atoms with E-state index in [1.54, 1.807) is 0 Å². The van der Waals surface area contributed by atoms with Crippen LogP contribution in [0.4, 0.5) is 0 Å². The third-order valence-corrected chi connectivity index (χ3v) is 4.55. The predicted molar refractivity (Wildman–Crippen MR) is 72.0 cm³/mol. The zero-order valence-electron chi connectivity index (χ0n) is 10.7. The van der Waals surface area contributed by atoms with Crippen molar-refractivity contribution in [1.82, 2.24) is 10.3 Å². The van der Waals surface area contributed by atoms with Gasteiger partial charge in [0.25, 0.3) is 0 Å². The summed E-state index contributed by atoms with van der Waals surface area (Å²) in [7, 11) is 0. The van der Waals surface area contributed by atoms with Gasteiger partial charge in [-0.05, 0) is 18.8 Å². The first-order valence-corrected chi connectivity index (χ1v) is 7.48. The number of aromatic nitrogens is 1. The predicted octanol–water partition coefficient (Wildman–Crippen LogP) is 2.90. The fourth-order valence-corrected chi connectivity index (χ4v) is 3.24. The van der Waals surface area contributed by atoms with Crippen LogP contribution in [0.5, 0.6) is 0 Å². The lowest BCUT2D eigenvalue weighted by Gasteiger charge is -2.29. The molecule has 100 valence electrons. The molecule has 0 aromatic carbocycles. The van der Waals surface area contributed by atoms with Gasteiger partial charge in [-0.15, -0.1) is 11.3 Å². The number of rotatable bonds is 5. The van der Waals surface area contributed by atoms with E-state index in [0.29, 0.717) is 12.6 Å². The van der Waals surface area contributed by atoms with Crippen LogP contribution in [0.15, 0.2) is 5.38 Å². The lowest BCUT2D eigenvalue weighted by Crippen LogP contribution is -2.33. The fraction of sp³-hybridized carbons (Fsp3) is 0.692. The van der Waals surface area contributed by atoms with Gasteiger partial charge in [0.2, 0.25) is 5.01 Å². The lowest BCUT2D eigenvalue weighted by atomic mass is 9.84. The number of nitrogens with one attached hydrogen (secondary N) is 1. The summed E-state index contributed by atoms with van der Waals surface area (Å²) in [4.78, 5) is 14.8. The molecule has 0 saturated heterocycles. The fourth-order valence-electron chi connectivity index (χ4n) is 2.58. The normalized spacial score (nSPS) is 24.1. The van der Waals surface area contributed by atoms with Crippen LogP contribution < -0.4 is 5.32 Å². The average molecular weight is 268 g/mol. The number of carboxylic acids is 1. The van der Waals surface area contributed by atoms with E-state index < -0.39 is 5.97 Å². The van der Waals surface area contributed by atoms with Crippen molar-refractivity contribution in [1.29, 1.82) is 0 Å². The van der Waals surface area contributed by atoms with E-state index in [4.69, 9.17) is 5.11 Å². The van der Waals surface area contributed by atoms with Crippen LogP contribution in [0.2, 0.25) is 0 Å². The summed E-state index contributed by atoms with van der Waals surface area (Å²) in [5, 5.41) is 14.3. The van der Waals surface area contributed by atoms with Gasteiger partial charge in [-0.25, -0.2) is 9.78 Å². The number of carboxylic acid groups (broad SMARTS) is 1. The first-order valence-electron chi connectivity index (χ1n) is 6.60. The molecule has 1 aromatic rings. The van der Waals surface area contributed by atoms with E-state index in [-0.39, 0.29) is 5.01 Å². The number of aromatic carboxylic acids is 1. The Morgan fingerprint density at radius 2 is 2.44 bits per heavy atom. The average Bonchev–Trinajstić information content (AvgIpc) is 2.85. The van der Waals surface area contributed by atoms with Gasteiger partial charge in [0, 0.05) is 18.0 Å². The molecule has 2 atom stereocenters. The second kappa shape index (κ2) is 6.29. The molecule has 1 heterocycles. The molecule has 2 unspecified atom stereocenters. The maximum Gasteiger partial charge on any atom is 0.365 e. The molecule has 2 rings (SSSR count). The highest BCUT2D eigenvalue weighted by atomic mass is 32.1. The van der Waals surface area contributed by atoms with Crippen molar-refractivity contribution in [2.75, 3.05) is 0 Å². The van der Waals surface area contributed by atoms with Gasteiger partial charge in [-0.3, -0.25) is 0 Å². The van der Waals surface area contributed by atoms with E-state index in [1.807, 2.05) is 5.38 Å². The van der Waals surface area contributed by atoms with Crippen molar-refractivity contribution in [3.63, 3.8) is 0 Å². The molecule has 4 nitrogen and oxygen atoms in total. The SMILES string of the molecule is CCC1CCCC(NCc2csc(C(=O)O)n2)C1. The van der Waals surface area contributed by atoms with Crippen molar-refractivity contribution < 1.29 is 9.90 Å². The maximum atomic E-state index is 10.7. The Morgan fingerprint density at radius 3 is 3.11 bits per heavy atom. The maximum absolute atomic E-state index is 10.7. The van der Waals surface area contributed by atoms with Crippen LogP contribution in [0.3, 0.4) is 0 Å². The minimum Gasteiger partial charge on any atom is -0.476 e. The Morgan fingerprint density at radius 1 is 1.61 bits per heavy atom. The molecular weight excluding hydrogens is 248 g/mol. The molecule has 0 aliphatic heterocycles. The summed E-state index contributed by atoms with van der Waals surface area (Å²) in [6.07, 6.45) is 6.39. The highest BCUT2D eigenvalue weighted by Crippen LogP contribution is 2.26. The van der Waals surface area contributed by atoms with Crippen LogP contribution in [0.1, 0.15) is 54.5 Å². The minimum absolute atomic E-state index is 0.182. The molecule has 18 heavy (non-hydrogen) atoms. The first-order chi connectivity index (χ1) is 8.69. The highest BCUT2D eigenvalue weighted by molar-refractivity contribution is 7.11. The van der Waals surface area contributed by atoms with Crippen molar-refractivity contribution in [3.8, 4) is 0 Å². The van der Waals surface area contributed by atoms with Crippen LogP contribution in [0.25, 0.3) is 0 Å². The Balaban J connectivity index is 1.81. The summed E-state index contributed by atoms with van der Waals surface area (Å²) in [6, 6.07) is 0.568. The molecule has 1 aromatic heterocycles. The molecule has 0 spiro atoms. The molecule has 1 saturated carbocycles. The molecule has 5 heteroatoms. The minimum atomic E-state index is -0.935. The molecule has 1 fully saturated rings. The number of nitrogens with zero attached hydrogens (tertiary/aromatic N) is 1. The summed E-state index contributed by atoms with van der Waals surface area (Å²) < 4.78 is 0. The number of hydrogen-bond acceptors (Lipinski definition) is 4. The van der Waals surface area contributed by atoms with Crippen molar-refractivity contribution in [2.45, 2.75) is 51.6 Å². The van der Waals surface area contributed by atoms with E-state index in [2.05, 4.69) is 17.2 Å². The molecule has 0 amide bonds. The van der Waals surface area contributed by atoms with Crippen LogP contribution in [-0.4, -0.2) is 22.1 Å². The third-order valence-electron chi connectivity index (χ3n) is 3.67. The van der Waals surface area contributed by atoms with Crippen molar-refractivity contribution in [3.05, 3.63) is 16.1 Å². The van der Waals surface area contributed by atoms with E-state index in [1.165, 1.54) is 43.4 Å². The van der Waals surface area contributed by atoms with E-state index >= 15 is 0 Å². The summed E-state index contributed by atoms with van der Waals surface area (Å²) >= 11 is 1.20. The van der Waals surface area contributed by atoms with Crippen LogP contribution in [0, 0.1) is 5.92 Å². The number of hydrogen-bond donors (Lipinski definition) is 2. The second-order valence-corrected chi connectivity index (χ2v) is 5.83. The Hall–Kier alpha value is -0.940. The standard InChI is InChI=1S/C13H20N2O2S/c1-2-9-4-3-5-10(6-9)14-7-11-8-18-12(15-11)13(16)17/h8-10,14H,2-7H2,1H3,(H,16,17). The molecule has 1 aliphatic rings. The van der Waals surface area contributed by atoms with Gasteiger partial charge < -0.3 is 10.4 Å². The van der Waals surface area contributed by atoms with Gasteiger partial charge in [-0.2, -0.15) is 0 Å². The Labute approximate surface area is 111 Å². The Kier molecular flexibility index (Phi) is 4.72.